The van der Waals surface area contributed by atoms with E-state index in [1.54, 1.807) is 0 Å². The molecular weight excluding hydrogens is 336 g/mol. The number of allylic oxidation sites excluding steroid dienone is 2. The summed E-state index contributed by atoms with van der Waals surface area (Å²) in [7, 11) is 0. The number of Topliss-reactive ketones (excluding diaryl/α,β-unsaturated/α-hetero) is 1. The highest BCUT2D eigenvalue weighted by Crippen LogP contribution is 2.43. The summed E-state index contributed by atoms with van der Waals surface area (Å²) >= 11 is 0. The normalized spacial score (nSPS) is 21.4. The predicted octanol–water partition coefficient (Wildman–Crippen LogP) is 4.00. The van der Waals surface area contributed by atoms with Gasteiger partial charge in [0.05, 0.1) is 0 Å². The fraction of sp³-hybridized carbons (Fsp3) is 0.227. The van der Waals surface area contributed by atoms with E-state index in [2.05, 4.69) is 39.7 Å². The SMILES string of the molecule is Cc1nc2n(n1)[C@@H](c1ccccc1)C1=C(C[C@@H](c3ccccc3)CC1=O)N2. The van der Waals surface area contributed by atoms with Crippen LogP contribution in [-0.4, -0.2) is 20.5 Å². The number of aryl methyl sites for hydroxylation is 1. The van der Waals surface area contributed by atoms with E-state index >= 15 is 0 Å². The van der Waals surface area contributed by atoms with Crippen molar-refractivity contribution in [1.29, 1.82) is 0 Å². The van der Waals surface area contributed by atoms with E-state index in [1.807, 2.05) is 48.0 Å². The number of fused-ring (bicyclic) bond motifs is 1. The number of carbonyl (C=O) groups is 1. The number of nitrogens with zero attached hydrogens (tertiary/aromatic N) is 3. The van der Waals surface area contributed by atoms with E-state index < -0.39 is 0 Å². The van der Waals surface area contributed by atoms with Gasteiger partial charge in [0.1, 0.15) is 11.9 Å². The number of rotatable bonds is 2. The van der Waals surface area contributed by atoms with Gasteiger partial charge in [0.15, 0.2) is 5.78 Å². The van der Waals surface area contributed by atoms with E-state index in [1.165, 1.54) is 5.56 Å². The zero-order valence-electron chi connectivity index (χ0n) is 15.1. The van der Waals surface area contributed by atoms with Crippen LogP contribution in [0.2, 0.25) is 0 Å². The summed E-state index contributed by atoms with van der Waals surface area (Å²) in [5.74, 6) is 1.79. The van der Waals surface area contributed by atoms with Gasteiger partial charge in [-0.25, -0.2) is 4.68 Å². The third-order valence-corrected chi connectivity index (χ3v) is 5.41. The fourth-order valence-electron chi connectivity index (χ4n) is 4.22. The second kappa shape index (κ2) is 6.20. The van der Waals surface area contributed by atoms with Crippen molar-refractivity contribution in [1.82, 2.24) is 14.8 Å². The summed E-state index contributed by atoms with van der Waals surface area (Å²) in [6, 6.07) is 20.2. The molecule has 134 valence electrons. The van der Waals surface area contributed by atoms with Gasteiger partial charge in [-0.15, -0.1) is 0 Å². The molecule has 2 aromatic carbocycles. The highest BCUT2D eigenvalue weighted by Gasteiger charge is 2.39. The van der Waals surface area contributed by atoms with Crippen LogP contribution in [0.5, 0.6) is 0 Å². The molecule has 5 heteroatoms. The van der Waals surface area contributed by atoms with Crippen LogP contribution in [0.3, 0.4) is 0 Å². The number of hydrogen-bond acceptors (Lipinski definition) is 4. The van der Waals surface area contributed by atoms with Crippen molar-refractivity contribution in [3.8, 4) is 0 Å². The first-order valence-electron chi connectivity index (χ1n) is 9.27. The standard InChI is InChI=1S/C22H20N4O/c1-14-23-22-24-18-12-17(15-8-4-2-5-9-15)13-19(27)20(18)21(26(22)25-14)16-10-6-3-7-11-16/h2-11,17,21H,12-13H2,1H3,(H,23,24,25)/t17-,21+/m1/s1. The van der Waals surface area contributed by atoms with Gasteiger partial charge in [0, 0.05) is 17.7 Å². The quantitative estimate of drug-likeness (QED) is 0.754. The Kier molecular flexibility index (Phi) is 3.67. The molecule has 27 heavy (non-hydrogen) atoms. The minimum absolute atomic E-state index is 0.185. The molecule has 2 aliphatic rings. The van der Waals surface area contributed by atoms with Gasteiger partial charge in [-0.1, -0.05) is 60.7 Å². The molecule has 0 bridgehead atoms. The first-order chi connectivity index (χ1) is 13.2. The number of nitrogens with one attached hydrogen (secondary N) is 1. The molecular formula is C22H20N4O. The van der Waals surface area contributed by atoms with Crippen molar-refractivity contribution in [2.75, 3.05) is 5.32 Å². The van der Waals surface area contributed by atoms with E-state index in [0.29, 0.717) is 18.2 Å². The lowest BCUT2D eigenvalue weighted by atomic mass is 9.78. The Bertz CT molecular complexity index is 1040. The molecule has 1 N–H and O–H groups in total. The molecule has 1 aliphatic heterocycles. The smallest absolute Gasteiger partial charge is 0.226 e. The van der Waals surface area contributed by atoms with Crippen molar-refractivity contribution in [3.05, 3.63) is 88.9 Å². The van der Waals surface area contributed by atoms with Crippen molar-refractivity contribution >= 4 is 11.7 Å². The molecule has 0 saturated heterocycles. The summed E-state index contributed by atoms with van der Waals surface area (Å²) in [5.41, 5.74) is 4.07. The monoisotopic (exact) mass is 356 g/mol. The Labute approximate surface area is 157 Å². The van der Waals surface area contributed by atoms with Crippen LogP contribution >= 0.6 is 0 Å². The summed E-state index contributed by atoms with van der Waals surface area (Å²) in [5, 5.41) is 7.97. The fourth-order valence-corrected chi connectivity index (χ4v) is 4.22. The van der Waals surface area contributed by atoms with Gasteiger partial charge in [-0.2, -0.15) is 10.1 Å². The number of ketones is 1. The molecule has 2 heterocycles. The van der Waals surface area contributed by atoms with Gasteiger partial charge in [-0.05, 0) is 30.4 Å². The van der Waals surface area contributed by atoms with Gasteiger partial charge in [0.2, 0.25) is 5.95 Å². The largest absolute Gasteiger partial charge is 0.328 e. The topological polar surface area (TPSA) is 59.8 Å². The summed E-state index contributed by atoms with van der Waals surface area (Å²) in [6.07, 6.45) is 1.33. The first-order valence-corrected chi connectivity index (χ1v) is 9.27. The Hall–Kier alpha value is -3.21. The molecule has 1 aliphatic carbocycles. The molecule has 5 rings (SSSR count). The molecule has 3 aromatic rings. The van der Waals surface area contributed by atoms with E-state index in [0.717, 1.165) is 23.3 Å². The van der Waals surface area contributed by atoms with Gasteiger partial charge < -0.3 is 5.32 Å². The molecule has 5 nitrogen and oxygen atoms in total. The van der Waals surface area contributed by atoms with E-state index in [4.69, 9.17) is 0 Å². The van der Waals surface area contributed by atoms with Crippen LogP contribution in [0.15, 0.2) is 71.9 Å². The average molecular weight is 356 g/mol. The molecule has 2 atom stereocenters. The first kappa shape index (κ1) is 16.0. The van der Waals surface area contributed by atoms with E-state index in [9.17, 15) is 4.79 Å². The summed E-state index contributed by atoms with van der Waals surface area (Å²) in [6.45, 7) is 1.88. The third kappa shape index (κ3) is 2.67. The maximum atomic E-state index is 13.3. The average Bonchev–Trinajstić information content (AvgIpc) is 3.07. The van der Waals surface area contributed by atoms with Crippen molar-refractivity contribution in [2.24, 2.45) is 0 Å². The molecule has 1 aromatic heterocycles. The minimum Gasteiger partial charge on any atom is -0.328 e. The lowest BCUT2D eigenvalue weighted by molar-refractivity contribution is -0.116. The number of hydrogen-bond donors (Lipinski definition) is 1. The minimum atomic E-state index is -0.220. The zero-order valence-corrected chi connectivity index (χ0v) is 15.1. The Morgan fingerprint density at radius 3 is 2.33 bits per heavy atom. The number of anilines is 1. The van der Waals surface area contributed by atoms with Gasteiger partial charge >= 0.3 is 0 Å². The van der Waals surface area contributed by atoms with Crippen molar-refractivity contribution in [2.45, 2.75) is 31.7 Å². The molecule has 0 amide bonds. The van der Waals surface area contributed by atoms with E-state index in [-0.39, 0.29) is 17.7 Å². The predicted molar refractivity (Wildman–Crippen MR) is 103 cm³/mol. The second-order valence-corrected chi connectivity index (χ2v) is 7.20. The van der Waals surface area contributed by atoms with Gasteiger partial charge in [-0.3, -0.25) is 4.79 Å². The Morgan fingerprint density at radius 1 is 0.963 bits per heavy atom. The van der Waals surface area contributed by atoms with Crippen LogP contribution in [-0.2, 0) is 4.79 Å². The number of aromatic nitrogens is 3. The van der Waals surface area contributed by atoms with Crippen LogP contribution in [0.1, 0.15) is 41.8 Å². The summed E-state index contributed by atoms with van der Waals surface area (Å²) < 4.78 is 1.85. The molecule has 0 spiro atoms. The Morgan fingerprint density at radius 2 is 1.63 bits per heavy atom. The van der Waals surface area contributed by atoms with Crippen LogP contribution in [0.25, 0.3) is 0 Å². The zero-order chi connectivity index (χ0) is 18.4. The highest BCUT2D eigenvalue weighted by molar-refractivity contribution is 6.00. The molecule has 0 fully saturated rings. The van der Waals surface area contributed by atoms with Crippen molar-refractivity contribution in [3.63, 3.8) is 0 Å². The Balaban J connectivity index is 1.62. The van der Waals surface area contributed by atoms with Crippen molar-refractivity contribution < 1.29 is 4.79 Å². The lowest BCUT2D eigenvalue weighted by Gasteiger charge is -2.35. The third-order valence-electron chi connectivity index (χ3n) is 5.41. The highest BCUT2D eigenvalue weighted by atomic mass is 16.1. The molecule has 0 unspecified atom stereocenters. The lowest BCUT2D eigenvalue weighted by Crippen LogP contribution is -2.33. The van der Waals surface area contributed by atoms with Crippen LogP contribution in [0.4, 0.5) is 5.95 Å². The van der Waals surface area contributed by atoms with Gasteiger partial charge in [0.25, 0.3) is 0 Å². The number of carbonyl (C=O) groups excluding carboxylic acids is 1. The maximum Gasteiger partial charge on any atom is 0.226 e. The summed E-state index contributed by atoms with van der Waals surface area (Å²) in [4.78, 5) is 17.8. The second-order valence-electron chi connectivity index (χ2n) is 7.20. The van der Waals surface area contributed by atoms with Crippen LogP contribution in [0, 0.1) is 6.92 Å². The molecule has 0 radical (unpaired) electrons. The maximum absolute atomic E-state index is 13.3. The van der Waals surface area contributed by atoms with Crippen LogP contribution < -0.4 is 5.32 Å². The molecule has 0 saturated carbocycles. The number of benzene rings is 2.